The molecule has 8 heteroatoms. The summed E-state index contributed by atoms with van der Waals surface area (Å²) in [7, 11) is 1.79. The number of ether oxygens (including phenoxy) is 1. The molecule has 0 amide bonds. The van der Waals surface area contributed by atoms with E-state index in [0.717, 1.165) is 5.69 Å². The van der Waals surface area contributed by atoms with Crippen molar-refractivity contribution in [2.45, 2.75) is 12.2 Å². The van der Waals surface area contributed by atoms with Crippen LogP contribution in [0.3, 0.4) is 0 Å². The van der Waals surface area contributed by atoms with Crippen molar-refractivity contribution in [1.29, 1.82) is 0 Å². The maximum Gasteiger partial charge on any atom is 0.573 e. The van der Waals surface area contributed by atoms with Crippen LogP contribution in [0.1, 0.15) is 5.69 Å². The summed E-state index contributed by atoms with van der Waals surface area (Å²) in [6.45, 7) is 0. The maximum absolute atomic E-state index is 12.0. The average molecular weight is 327 g/mol. The predicted octanol–water partition coefficient (Wildman–Crippen LogP) is 4.15. The van der Waals surface area contributed by atoms with E-state index in [0.29, 0.717) is 17.3 Å². The van der Waals surface area contributed by atoms with Gasteiger partial charge in [0.15, 0.2) is 0 Å². The summed E-state index contributed by atoms with van der Waals surface area (Å²) >= 11 is 5.73. The van der Waals surface area contributed by atoms with Crippen LogP contribution in [-0.2, 0) is 12.9 Å². The van der Waals surface area contributed by atoms with E-state index in [-0.39, 0.29) is 18.2 Å². The molecule has 0 radical (unpaired) electrons. The molecule has 2 aromatic rings. The van der Waals surface area contributed by atoms with Crippen molar-refractivity contribution in [2.24, 2.45) is 7.05 Å². The van der Waals surface area contributed by atoms with Gasteiger partial charge in [0.2, 0.25) is 0 Å². The summed E-state index contributed by atoms with van der Waals surface area (Å²) in [6.07, 6.45) is -3.06. The normalized spacial score (nSPS) is 11.1. The van der Waals surface area contributed by atoms with Crippen molar-refractivity contribution in [3.8, 4) is 17.1 Å². The van der Waals surface area contributed by atoms with Crippen LogP contribution in [0.15, 0.2) is 30.5 Å². The average Bonchev–Trinajstić information content (AvgIpc) is 2.69. The lowest BCUT2D eigenvalue weighted by atomic mass is 10.2. The molecule has 0 fully saturated rings. The summed E-state index contributed by atoms with van der Waals surface area (Å²) in [6, 6.07) is 5.53. The van der Waals surface area contributed by atoms with Gasteiger partial charge in [-0.05, 0) is 24.3 Å². The number of aromatic nitrogens is 2. The van der Waals surface area contributed by atoms with E-state index in [1.807, 2.05) is 0 Å². The van der Waals surface area contributed by atoms with Gasteiger partial charge in [0.1, 0.15) is 11.6 Å². The van der Waals surface area contributed by atoms with Crippen LogP contribution in [0.5, 0.6) is 5.75 Å². The molecule has 110 valence electrons. The van der Waals surface area contributed by atoms with E-state index in [1.165, 1.54) is 24.3 Å². The molecule has 3 nitrogen and oxygen atoms in total. The quantitative estimate of drug-likeness (QED) is 0.792. The smallest absolute Gasteiger partial charge is 0.406 e. The molecule has 1 aromatic carbocycles. The highest BCUT2D eigenvalue weighted by Crippen LogP contribution is 2.26. The minimum absolute atomic E-state index is 0. The van der Waals surface area contributed by atoms with Gasteiger partial charge in [-0.3, -0.25) is 0 Å². The predicted molar refractivity (Wildman–Crippen MR) is 72.1 cm³/mol. The summed E-state index contributed by atoms with van der Waals surface area (Å²) in [5.74, 6) is 0.691. The van der Waals surface area contributed by atoms with Crippen molar-refractivity contribution in [3.05, 3.63) is 36.2 Å². The number of hydrogen-bond donors (Lipinski definition) is 0. The summed E-state index contributed by atoms with van der Waals surface area (Å²) in [5, 5.41) is 0. The van der Waals surface area contributed by atoms with Gasteiger partial charge in [-0.1, -0.05) is 0 Å². The zero-order chi connectivity index (χ0) is 14.0. The topological polar surface area (TPSA) is 27.1 Å². The number of alkyl halides is 4. The highest BCUT2D eigenvalue weighted by Gasteiger charge is 2.31. The zero-order valence-electron chi connectivity index (χ0n) is 10.3. The number of halogens is 5. The minimum atomic E-state index is -4.68. The Morgan fingerprint density at radius 3 is 2.30 bits per heavy atom. The van der Waals surface area contributed by atoms with Crippen molar-refractivity contribution in [3.63, 3.8) is 0 Å². The Balaban J connectivity index is 0.00000200. The number of imidazole rings is 1. The van der Waals surface area contributed by atoms with Crippen molar-refractivity contribution >= 4 is 24.0 Å². The Kier molecular flexibility index (Phi) is 5.30. The minimum Gasteiger partial charge on any atom is -0.406 e. The van der Waals surface area contributed by atoms with Gasteiger partial charge in [-0.15, -0.1) is 37.2 Å². The van der Waals surface area contributed by atoms with E-state index in [2.05, 4.69) is 9.72 Å². The number of hydrogen-bond acceptors (Lipinski definition) is 2. The van der Waals surface area contributed by atoms with Crippen molar-refractivity contribution in [2.75, 3.05) is 0 Å². The van der Waals surface area contributed by atoms with Crippen molar-refractivity contribution in [1.82, 2.24) is 9.55 Å². The lowest BCUT2D eigenvalue weighted by Gasteiger charge is -2.09. The molecule has 0 atom stereocenters. The van der Waals surface area contributed by atoms with Crippen LogP contribution in [-0.4, -0.2) is 15.9 Å². The van der Waals surface area contributed by atoms with E-state index in [4.69, 9.17) is 11.6 Å². The van der Waals surface area contributed by atoms with Crippen LogP contribution < -0.4 is 4.74 Å². The third-order valence-electron chi connectivity index (χ3n) is 2.57. The van der Waals surface area contributed by atoms with E-state index >= 15 is 0 Å². The van der Waals surface area contributed by atoms with Crippen molar-refractivity contribution < 1.29 is 17.9 Å². The van der Waals surface area contributed by atoms with Crippen LogP contribution >= 0.6 is 24.0 Å². The molecule has 20 heavy (non-hydrogen) atoms. The first-order valence-corrected chi connectivity index (χ1v) is 5.87. The highest BCUT2D eigenvalue weighted by molar-refractivity contribution is 6.16. The largest absolute Gasteiger partial charge is 0.573 e. The zero-order valence-corrected chi connectivity index (χ0v) is 11.9. The second kappa shape index (κ2) is 6.37. The van der Waals surface area contributed by atoms with Gasteiger partial charge in [0.05, 0.1) is 17.8 Å². The lowest BCUT2D eigenvalue weighted by molar-refractivity contribution is -0.274. The van der Waals surface area contributed by atoms with Crippen LogP contribution in [0, 0.1) is 0 Å². The molecule has 1 aromatic heterocycles. The number of benzene rings is 1. The second-order valence-electron chi connectivity index (χ2n) is 3.84. The summed E-state index contributed by atoms with van der Waals surface area (Å²) in [5.41, 5.74) is 1.51. The monoisotopic (exact) mass is 326 g/mol. The first-order valence-electron chi connectivity index (χ1n) is 5.33. The number of rotatable bonds is 3. The molecular weight excluding hydrogens is 316 g/mol. The first-order chi connectivity index (χ1) is 8.90. The van der Waals surface area contributed by atoms with Gasteiger partial charge < -0.3 is 9.30 Å². The molecule has 0 aliphatic carbocycles. The Labute approximate surface area is 124 Å². The molecule has 0 spiro atoms. The molecule has 0 saturated heterocycles. The van der Waals surface area contributed by atoms with E-state index in [1.54, 1.807) is 17.8 Å². The van der Waals surface area contributed by atoms with Gasteiger partial charge in [-0.2, -0.15) is 0 Å². The summed E-state index contributed by atoms with van der Waals surface area (Å²) in [4.78, 5) is 4.18. The van der Waals surface area contributed by atoms with Gasteiger partial charge in [-0.25, -0.2) is 4.98 Å². The Bertz CT molecular complexity index is 567. The molecular formula is C12H11Cl2F3N2O. The maximum atomic E-state index is 12.0. The second-order valence-corrected chi connectivity index (χ2v) is 4.11. The van der Waals surface area contributed by atoms with Gasteiger partial charge in [0.25, 0.3) is 0 Å². The SMILES string of the molecule is Cl.Cn1c(CCl)cnc1-c1ccc(OC(F)(F)F)cc1. The molecule has 0 bridgehead atoms. The Hall–Kier alpha value is -1.40. The standard InChI is InChI=1S/C12H10ClF3N2O.ClH/c1-18-9(6-13)7-17-11(18)8-2-4-10(5-3-8)19-12(14,15)16;/h2-5,7H,6H2,1H3;1H. The van der Waals surface area contributed by atoms with Gasteiger partial charge >= 0.3 is 6.36 Å². The fourth-order valence-electron chi connectivity index (χ4n) is 1.64. The molecule has 0 unspecified atom stereocenters. The molecule has 2 rings (SSSR count). The number of nitrogens with zero attached hydrogens (tertiary/aromatic N) is 2. The third-order valence-corrected chi connectivity index (χ3v) is 2.84. The van der Waals surface area contributed by atoms with Gasteiger partial charge in [0, 0.05) is 12.6 Å². The Morgan fingerprint density at radius 1 is 1.25 bits per heavy atom. The molecule has 0 saturated carbocycles. The fourth-order valence-corrected chi connectivity index (χ4v) is 1.89. The van der Waals surface area contributed by atoms with Crippen LogP contribution in [0.4, 0.5) is 13.2 Å². The molecule has 0 aliphatic rings. The van der Waals surface area contributed by atoms with Crippen LogP contribution in [0.2, 0.25) is 0 Å². The third kappa shape index (κ3) is 3.80. The highest BCUT2D eigenvalue weighted by atomic mass is 35.5. The molecule has 1 heterocycles. The Morgan fingerprint density at radius 2 is 1.85 bits per heavy atom. The van der Waals surface area contributed by atoms with Crippen LogP contribution in [0.25, 0.3) is 11.4 Å². The molecule has 0 aliphatic heterocycles. The lowest BCUT2D eigenvalue weighted by Crippen LogP contribution is -2.16. The van der Waals surface area contributed by atoms with E-state index < -0.39 is 6.36 Å². The summed E-state index contributed by atoms with van der Waals surface area (Å²) < 4.78 is 41.7. The fraction of sp³-hybridized carbons (Fsp3) is 0.250. The van der Waals surface area contributed by atoms with E-state index in [9.17, 15) is 13.2 Å². The molecule has 0 N–H and O–H groups in total. The first kappa shape index (κ1) is 16.7.